The molecule has 2 unspecified atom stereocenters. The summed E-state index contributed by atoms with van der Waals surface area (Å²) in [7, 11) is 3.80. The van der Waals surface area contributed by atoms with Crippen molar-refractivity contribution in [3.05, 3.63) is 22.7 Å². The van der Waals surface area contributed by atoms with Crippen molar-refractivity contribution in [1.82, 2.24) is 4.90 Å². The molecule has 0 spiro atoms. The molecule has 0 bridgehead atoms. The Morgan fingerprint density at radius 2 is 2.04 bits per heavy atom. The van der Waals surface area contributed by atoms with Gasteiger partial charge in [0, 0.05) is 12.6 Å². The first-order chi connectivity index (χ1) is 11.1. The predicted octanol–water partition coefficient (Wildman–Crippen LogP) is 3.62. The summed E-state index contributed by atoms with van der Waals surface area (Å²) in [5.74, 6) is 1.98. The van der Waals surface area contributed by atoms with Crippen molar-refractivity contribution in [2.24, 2.45) is 11.7 Å². The molecule has 1 aliphatic heterocycles. The smallest absolute Gasteiger partial charge is 0.179 e. The molecule has 2 atom stereocenters. The molecule has 0 amide bonds. The number of hydrogen-bond acceptors (Lipinski definition) is 4. The van der Waals surface area contributed by atoms with E-state index in [4.69, 9.17) is 26.8 Å². The SMILES string of the molecule is COc1c(Cl)cc(C2CC(CN)CN2C)cc1OC1CCCC1. The second-order valence-electron chi connectivity index (χ2n) is 6.85. The third-order valence-electron chi connectivity index (χ3n) is 5.18. The molecule has 23 heavy (non-hydrogen) atoms. The van der Waals surface area contributed by atoms with Gasteiger partial charge in [-0.15, -0.1) is 0 Å². The Balaban J connectivity index is 1.87. The molecule has 1 saturated carbocycles. The van der Waals surface area contributed by atoms with Crippen LogP contribution in [0.2, 0.25) is 5.02 Å². The second-order valence-corrected chi connectivity index (χ2v) is 7.26. The van der Waals surface area contributed by atoms with Crippen molar-refractivity contribution < 1.29 is 9.47 Å². The zero-order chi connectivity index (χ0) is 16.4. The number of likely N-dealkylation sites (tertiary alicyclic amines) is 1. The van der Waals surface area contributed by atoms with Gasteiger partial charge in [0.1, 0.15) is 0 Å². The van der Waals surface area contributed by atoms with Crippen LogP contribution < -0.4 is 15.2 Å². The van der Waals surface area contributed by atoms with E-state index in [9.17, 15) is 0 Å². The van der Waals surface area contributed by atoms with E-state index < -0.39 is 0 Å². The Bertz CT molecular complexity index is 546. The van der Waals surface area contributed by atoms with Crippen molar-refractivity contribution in [2.75, 3.05) is 27.2 Å². The highest BCUT2D eigenvalue weighted by Gasteiger charge is 2.31. The van der Waals surface area contributed by atoms with Crippen molar-refractivity contribution in [3.8, 4) is 11.5 Å². The highest BCUT2D eigenvalue weighted by Crippen LogP contribution is 2.43. The van der Waals surface area contributed by atoms with Crippen LogP contribution in [0.3, 0.4) is 0 Å². The monoisotopic (exact) mass is 338 g/mol. The lowest BCUT2D eigenvalue weighted by molar-refractivity contribution is 0.200. The molecule has 1 aromatic carbocycles. The molecule has 0 radical (unpaired) electrons. The van der Waals surface area contributed by atoms with Gasteiger partial charge in [-0.3, -0.25) is 4.90 Å². The maximum Gasteiger partial charge on any atom is 0.179 e. The lowest BCUT2D eigenvalue weighted by atomic mass is 9.99. The maximum absolute atomic E-state index is 6.47. The third-order valence-corrected chi connectivity index (χ3v) is 5.47. The predicted molar refractivity (Wildman–Crippen MR) is 93.4 cm³/mol. The topological polar surface area (TPSA) is 47.7 Å². The number of rotatable bonds is 5. The molecule has 2 N–H and O–H groups in total. The molecular weight excluding hydrogens is 312 g/mol. The number of hydrogen-bond donors (Lipinski definition) is 1. The van der Waals surface area contributed by atoms with Crippen LogP contribution in [0.15, 0.2) is 12.1 Å². The standard InChI is InChI=1S/C18H27ClN2O2/c1-21-11-12(10-20)7-16(21)13-8-15(19)18(22-2)17(9-13)23-14-5-3-4-6-14/h8-9,12,14,16H,3-7,10-11,20H2,1-2H3. The normalized spacial score (nSPS) is 25.9. The Morgan fingerprint density at radius 3 is 2.65 bits per heavy atom. The second kappa shape index (κ2) is 7.29. The maximum atomic E-state index is 6.47. The van der Waals surface area contributed by atoms with Crippen LogP contribution in [-0.4, -0.2) is 38.3 Å². The molecule has 4 nitrogen and oxygen atoms in total. The molecule has 2 fully saturated rings. The largest absolute Gasteiger partial charge is 0.491 e. The van der Waals surface area contributed by atoms with Gasteiger partial charge in [0.25, 0.3) is 0 Å². The summed E-state index contributed by atoms with van der Waals surface area (Å²) in [6, 6.07) is 4.48. The van der Waals surface area contributed by atoms with E-state index in [1.165, 1.54) is 18.4 Å². The third kappa shape index (κ3) is 3.59. The van der Waals surface area contributed by atoms with Gasteiger partial charge in [0.05, 0.1) is 18.2 Å². The zero-order valence-electron chi connectivity index (χ0n) is 14.1. The number of benzene rings is 1. The molecule has 1 heterocycles. The highest BCUT2D eigenvalue weighted by atomic mass is 35.5. The van der Waals surface area contributed by atoms with Crippen LogP contribution in [0.25, 0.3) is 0 Å². The van der Waals surface area contributed by atoms with E-state index >= 15 is 0 Å². The van der Waals surface area contributed by atoms with E-state index in [1.54, 1.807) is 7.11 Å². The van der Waals surface area contributed by atoms with Gasteiger partial charge in [-0.2, -0.15) is 0 Å². The van der Waals surface area contributed by atoms with Gasteiger partial charge in [0.15, 0.2) is 11.5 Å². The molecule has 1 saturated heterocycles. The molecule has 1 aromatic rings. The van der Waals surface area contributed by atoms with Crippen LogP contribution in [0.1, 0.15) is 43.7 Å². The summed E-state index contributed by atoms with van der Waals surface area (Å²) >= 11 is 6.47. The molecule has 5 heteroatoms. The van der Waals surface area contributed by atoms with Crippen molar-refractivity contribution in [3.63, 3.8) is 0 Å². The van der Waals surface area contributed by atoms with Crippen LogP contribution in [0.4, 0.5) is 0 Å². The summed E-state index contributed by atoms with van der Waals surface area (Å²) in [5, 5.41) is 0.627. The van der Waals surface area contributed by atoms with Gasteiger partial charge < -0.3 is 15.2 Å². The minimum absolute atomic E-state index is 0.285. The van der Waals surface area contributed by atoms with E-state index in [1.807, 2.05) is 6.07 Å². The lowest BCUT2D eigenvalue weighted by Crippen LogP contribution is -2.20. The fraction of sp³-hybridized carbons (Fsp3) is 0.667. The van der Waals surface area contributed by atoms with E-state index in [2.05, 4.69) is 18.0 Å². The van der Waals surface area contributed by atoms with Crippen molar-refractivity contribution in [2.45, 2.75) is 44.2 Å². The van der Waals surface area contributed by atoms with Crippen LogP contribution in [0.5, 0.6) is 11.5 Å². The first-order valence-electron chi connectivity index (χ1n) is 8.56. The summed E-state index contributed by atoms with van der Waals surface area (Å²) in [6.07, 6.45) is 6.06. The molecule has 1 aliphatic carbocycles. The number of methoxy groups -OCH3 is 1. The summed E-state index contributed by atoms with van der Waals surface area (Å²) in [6.45, 7) is 1.76. The molecule has 3 rings (SSSR count). The van der Waals surface area contributed by atoms with Crippen molar-refractivity contribution >= 4 is 11.6 Å². The van der Waals surface area contributed by atoms with E-state index in [0.717, 1.165) is 38.1 Å². The van der Waals surface area contributed by atoms with Crippen molar-refractivity contribution in [1.29, 1.82) is 0 Å². The number of ether oxygens (including phenoxy) is 2. The molecular formula is C18H27ClN2O2. The Hall–Kier alpha value is -0.970. The first kappa shape index (κ1) is 16.9. The fourth-order valence-electron chi connectivity index (χ4n) is 3.92. The Kier molecular flexibility index (Phi) is 5.34. The van der Waals surface area contributed by atoms with Crippen LogP contribution in [-0.2, 0) is 0 Å². The fourth-order valence-corrected chi connectivity index (χ4v) is 4.21. The van der Waals surface area contributed by atoms with Gasteiger partial charge in [-0.05, 0) is 69.3 Å². The lowest BCUT2D eigenvalue weighted by Gasteiger charge is -2.23. The Morgan fingerprint density at radius 1 is 1.30 bits per heavy atom. The van der Waals surface area contributed by atoms with Crippen LogP contribution in [0, 0.1) is 5.92 Å². The summed E-state index contributed by atoms with van der Waals surface area (Å²) in [4.78, 5) is 2.36. The van der Waals surface area contributed by atoms with Gasteiger partial charge in [0.2, 0.25) is 0 Å². The minimum atomic E-state index is 0.285. The Labute approximate surface area is 143 Å². The number of nitrogens with two attached hydrogens (primary N) is 1. The molecule has 0 aromatic heterocycles. The average Bonchev–Trinajstić information content (AvgIpc) is 3.16. The average molecular weight is 339 g/mol. The summed E-state index contributed by atoms with van der Waals surface area (Å²) in [5.41, 5.74) is 7.05. The van der Waals surface area contributed by atoms with Gasteiger partial charge in [-0.25, -0.2) is 0 Å². The van der Waals surface area contributed by atoms with E-state index in [0.29, 0.717) is 22.7 Å². The van der Waals surface area contributed by atoms with Gasteiger partial charge in [-0.1, -0.05) is 11.6 Å². The number of nitrogens with zero attached hydrogens (tertiary/aromatic N) is 1. The van der Waals surface area contributed by atoms with Gasteiger partial charge >= 0.3 is 0 Å². The minimum Gasteiger partial charge on any atom is -0.491 e. The summed E-state index contributed by atoms with van der Waals surface area (Å²) < 4.78 is 11.7. The molecule has 128 valence electrons. The van der Waals surface area contributed by atoms with E-state index in [-0.39, 0.29) is 6.10 Å². The first-order valence-corrected chi connectivity index (χ1v) is 8.94. The molecule has 2 aliphatic rings. The quantitative estimate of drug-likeness (QED) is 0.890. The van der Waals surface area contributed by atoms with Crippen LogP contribution >= 0.6 is 11.6 Å². The highest BCUT2D eigenvalue weighted by molar-refractivity contribution is 6.32. The zero-order valence-corrected chi connectivity index (χ0v) is 14.8. The number of halogens is 1.